The first-order valence-electron chi connectivity index (χ1n) is 9.01. The number of nitriles is 1. The smallest absolute Gasteiger partial charge is 0.266 e. The number of benzene rings is 3. The summed E-state index contributed by atoms with van der Waals surface area (Å²) < 4.78 is 18.6. The Hall–Kier alpha value is -3.91. The van der Waals surface area contributed by atoms with E-state index >= 15 is 0 Å². The number of nitrogens with one attached hydrogen (secondary N) is 1. The van der Waals surface area contributed by atoms with Crippen LogP contribution in [-0.2, 0) is 11.4 Å². The Kier molecular flexibility index (Phi) is 6.39. The van der Waals surface area contributed by atoms with Crippen LogP contribution in [-0.4, -0.2) is 5.91 Å². The number of hydrogen-bond acceptors (Lipinski definition) is 3. The molecule has 0 saturated carbocycles. The van der Waals surface area contributed by atoms with Crippen molar-refractivity contribution in [1.29, 1.82) is 5.26 Å². The van der Waals surface area contributed by atoms with Crippen molar-refractivity contribution in [3.63, 3.8) is 0 Å². The lowest BCUT2D eigenvalue weighted by atomic mass is 10.1. The summed E-state index contributed by atoms with van der Waals surface area (Å²) in [4.78, 5) is 12.4. The zero-order valence-corrected chi connectivity index (χ0v) is 15.9. The van der Waals surface area contributed by atoms with Gasteiger partial charge in [-0.3, -0.25) is 4.79 Å². The van der Waals surface area contributed by atoms with Gasteiger partial charge in [0.25, 0.3) is 5.91 Å². The van der Waals surface area contributed by atoms with Gasteiger partial charge in [-0.25, -0.2) is 4.39 Å². The third kappa shape index (κ3) is 5.53. The lowest BCUT2D eigenvalue weighted by molar-refractivity contribution is -0.112. The number of rotatable bonds is 6. The molecule has 0 aromatic heterocycles. The van der Waals surface area contributed by atoms with Gasteiger partial charge in [-0.05, 0) is 60.0 Å². The quantitative estimate of drug-likeness (QED) is 0.464. The highest BCUT2D eigenvalue weighted by Gasteiger charge is 2.10. The number of nitrogens with zero attached hydrogens (tertiary/aromatic N) is 1. The van der Waals surface area contributed by atoms with E-state index in [0.717, 1.165) is 11.1 Å². The van der Waals surface area contributed by atoms with Crippen molar-refractivity contribution in [2.45, 2.75) is 13.5 Å². The highest BCUT2D eigenvalue weighted by molar-refractivity contribution is 6.09. The van der Waals surface area contributed by atoms with Crippen LogP contribution in [0.4, 0.5) is 10.1 Å². The number of anilines is 1. The van der Waals surface area contributed by atoms with E-state index in [1.54, 1.807) is 42.5 Å². The summed E-state index contributed by atoms with van der Waals surface area (Å²) in [5.74, 6) is -0.113. The van der Waals surface area contributed by atoms with Gasteiger partial charge in [-0.15, -0.1) is 0 Å². The monoisotopic (exact) mass is 386 g/mol. The molecule has 3 aromatic carbocycles. The maximum atomic E-state index is 12.9. The fourth-order valence-electron chi connectivity index (χ4n) is 2.63. The fourth-order valence-corrected chi connectivity index (χ4v) is 2.63. The third-order valence-electron chi connectivity index (χ3n) is 4.27. The standard InChI is InChI=1S/C24H19FN2O2/c1-17-4-2-3-5-23(17)27-24(28)20(15-26)14-18-8-12-22(13-9-18)29-16-19-6-10-21(25)11-7-19/h2-14H,16H2,1H3,(H,27,28)/b20-14-. The summed E-state index contributed by atoms with van der Waals surface area (Å²) in [6.45, 7) is 2.20. The minimum absolute atomic E-state index is 0.00762. The summed E-state index contributed by atoms with van der Waals surface area (Å²) >= 11 is 0. The second-order valence-electron chi connectivity index (χ2n) is 6.42. The van der Waals surface area contributed by atoms with Crippen LogP contribution in [0.15, 0.2) is 78.4 Å². The zero-order chi connectivity index (χ0) is 20.6. The van der Waals surface area contributed by atoms with Gasteiger partial charge in [-0.1, -0.05) is 42.5 Å². The lowest BCUT2D eigenvalue weighted by Crippen LogP contribution is -2.14. The molecule has 5 heteroatoms. The Morgan fingerprint density at radius 3 is 2.41 bits per heavy atom. The molecule has 0 unspecified atom stereocenters. The Labute approximate surface area is 168 Å². The Morgan fingerprint density at radius 1 is 1.07 bits per heavy atom. The van der Waals surface area contributed by atoms with Gasteiger partial charge in [-0.2, -0.15) is 5.26 Å². The molecule has 3 rings (SSSR count). The average molecular weight is 386 g/mol. The van der Waals surface area contributed by atoms with Crippen LogP contribution < -0.4 is 10.1 Å². The maximum Gasteiger partial charge on any atom is 0.266 e. The second kappa shape index (κ2) is 9.34. The Morgan fingerprint density at radius 2 is 1.76 bits per heavy atom. The highest BCUT2D eigenvalue weighted by Crippen LogP contribution is 2.18. The van der Waals surface area contributed by atoms with Crippen molar-refractivity contribution >= 4 is 17.7 Å². The molecule has 29 heavy (non-hydrogen) atoms. The van der Waals surface area contributed by atoms with Gasteiger partial charge in [0.15, 0.2) is 0 Å². The first-order chi connectivity index (χ1) is 14.0. The van der Waals surface area contributed by atoms with Crippen LogP contribution in [0.2, 0.25) is 0 Å². The molecule has 0 fully saturated rings. The number of halogens is 1. The van der Waals surface area contributed by atoms with Gasteiger partial charge in [0, 0.05) is 5.69 Å². The second-order valence-corrected chi connectivity index (χ2v) is 6.42. The molecule has 3 aromatic rings. The van der Waals surface area contributed by atoms with E-state index in [2.05, 4.69) is 5.32 Å². The molecule has 4 nitrogen and oxygen atoms in total. The number of carbonyl (C=O) groups excluding carboxylic acids is 1. The number of para-hydroxylation sites is 1. The van der Waals surface area contributed by atoms with E-state index in [-0.39, 0.29) is 11.4 Å². The maximum absolute atomic E-state index is 12.9. The van der Waals surface area contributed by atoms with Crippen LogP contribution >= 0.6 is 0 Å². The summed E-state index contributed by atoms with van der Waals surface area (Å²) in [5.41, 5.74) is 3.16. The van der Waals surface area contributed by atoms with Crippen molar-refractivity contribution in [3.05, 3.63) is 101 Å². The summed E-state index contributed by atoms with van der Waals surface area (Å²) in [6, 6.07) is 22.5. The van der Waals surface area contributed by atoms with Gasteiger partial charge >= 0.3 is 0 Å². The number of ether oxygens (including phenoxy) is 1. The Balaban J connectivity index is 1.65. The molecule has 1 amide bonds. The van der Waals surface area contributed by atoms with Crippen LogP contribution in [0.1, 0.15) is 16.7 Å². The van der Waals surface area contributed by atoms with Crippen molar-refractivity contribution in [3.8, 4) is 11.8 Å². The summed E-state index contributed by atoms with van der Waals surface area (Å²) in [7, 11) is 0. The predicted molar refractivity (Wildman–Crippen MR) is 111 cm³/mol. The summed E-state index contributed by atoms with van der Waals surface area (Å²) in [5, 5.41) is 12.1. The van der Waals surface area contributed by atoms with Gasteiger partial charge in [0.05, 0.1) is 0 Å². The van der Waals surface area contributed by atoms with Crippen LogP contribution in [0.25, 0.3) is 6.08 Å². The van der Waals surface area contributed by atoms with Gasteiger partial charge in [0.1, 0.15) is 29.8 Å². The predicted octanol–water partition coefficient (Wildman–Crippen LogP) is 5.26. The molecule has 0 aliphatic carbocycles. The molecule has 0 aliphatic rings. The number of carbonyl (C=O) groups is 1. The lowest BCUT2D eigenvalue weighted by Gasteiger charge is -2.08. The van der Waals surface area contributed by atoms with E-state index in [0.29, 0.717) is 23.6 Å². The van der Waals surface area contributed by atoms with E-state index < -0.39 is 5.91 Å². The van der Waals surface area contributed by atoms with Gasteiger partial charge < -0.3 is 10.1 Å². The first kappa shape index (κ1) is 19.8. The van der Waals surface area contributed by atoms with E-state index in [4.69, 9.17) is 4.74 Å². The highest BCUT2D eigenvalue weighted by atomic mass is 19.1. The molecular weight excluding hydrogens is 367 g/mol. The Bertz CT molecular complexity index is 1070. The zero-order valence-electron chi connectivity index (χ0n) is 15.9. The first-order valence-corrected chi connectivity index (χ1v) is 9.01. The SMILES string of the molecule is Cc1ccccc1NC(=O)/C(C#N)=C\c1ccc(OCc2ccc(F)cc2)cc1. The molecule has 0 radical (unpaired) electrons. The van der Waals surface area contributed by atoms with Crippen molar-refractivity contribution in [1.82, 2.24) is 0 Å². The topological polar surface area (TPSA) is 62.1 Å². The van der Waals surface area contributed by atoms with Crippen LogP contribution in [0.5, 0.6) is 5.75 Å². The molecule has 0 bridgehead atoms. The van der Waals surface area contributed by atoms with Crippen molar-refractivity contribution < 1.29 is 13.9 Å². The molecule has 0 spiro atoms. The number of hydrogen-bond donors (Lipinski definition) is 1. The van der Waals surface area contributed by atoms with Gasteiger partial charge in [0.2, 0.25) is 0 Å². The fraction of sp³-hybridized carbons (Fsp3) is 0.0833. The average Bonchev–Trinajstić information content (AvgIpc) is 2.74. The third-order valence-corrected chi connectivity index (χ3v) is 4.27. The van der Waals surface area contributed by atoms with Crippen LogP contribution in [0.3, 0.4) is 0 Å². The molecule has 0 heterocycles. The molecule has 0 saturated heterocycles. The van der Waals surface area contributed by atoms with E-state index in [1.807, 2.05) is 31.2 Å². The van der Waals surface area contributed by atoms with E-state index in [1.165, 1.54) is 18.2 Å². The van der Waals surface area contributed by atoms with E-state index in [9.17, 15) is 14.4 Å². The largest absolute Gasteiger partial charge is 0.489 e. The normalized spacial score (nSPS) is 10.9. The van der Waals surface area contributed by atoms with Crippen LogP contribution in [0, 0.1) is 24.1 Å². The minimum atomic E-state index is -0.460. The van der Waals surface area contributed by atoms with Crippen molar-refractivity contribution in [2.24, 2.45) is 0 Å². The minimum Gasteiger partial charge on any atom is -0.489 e. The number of amides is 1. The van der Waals surface area contributed by atoms with Crippen molar-refractivity contribution in [2.75, 3.05) is 5.32 Å². The molecular formula is C24H19FN2O2. The molecule has 1 N–H and O–H groups in total. The molecule has 0 aliphatic heterocycles. The molecule has 0 atom stereocenters. The number of aryl methyl sites for hydroxylation is 1. The summed E-state index contributed by atoms with van der Waals surface area (Å²) in [6.07, 6.45) is 1.53. The molecule has 144 valence electrons.